The van der Waals surface area contributed by atoms with E-state index < -0.39 is 0 Å². The zero-order chi connectivity index (χ0) is 13.7. The van der Waals surface area contributed by atoms with Gasteiger partial charge in [0.2, 0.25) is 0 Å². The molecule has 1 aliphatic rings. The van der Waals surface area contributed by atoms with E-state index in [2.05, 4.69) is 37.4 Å². The van der Waals surface area contributed by atoms with Gasteiger partial charge in [-0.25, -0.2) is 0 Å². The molecule has 1 aliphatic heterocycles. The standard InChI is InChI=1S/C17H27NO/c1-4-6-10-17(11-7-5-2)16-12-15(19-3)9-8-14(16)13-18-17/h8-9,12,18H,4-7,10-11,13H2,1-3H3. The minimum absolute atomic E-state index is 0.190. The van der Waals surface area contributed by atoms with E-state index in [1.165, 1.54) is 49.7 Å². The number of methoxy groups -OCH3 is 1. The van der Waals surface area contributed by atoms with Crippen molar-refractivity contribution in [1.29, 1.82) is 0 Å². The number of rotatable bonds is 7. The third kappa shape index (κ3) is 2.94. The lowest BCUT2D eigenvalue weighted by Crippen LogP contribution is -2.36. The van der Waals surface area contributed by atoms with E-state index in [0.29, 0.717) is 0 Å². The zero-order valence-electron chi connectivity index (χ0n) is 12.6. The predicted molar refractivity (Wildman–Crippen MR) is 80.6 cm³/mol. The minimum atomic E-state index is 0.190. The van der Waals surface area contributed by atoms with Gasteiger partial charge in [0.25, 0.3) is 0 Å². The highest BCUT2D eigenvalue weighted by Gasteiger charge is 2.37. The van der Waals surface area contributed by atoms with Crippen molar-refractivity contribution in [3.05, 3.63) is 29.3 Å². The van der Waals surface area contributed by atoms with E-state index in [4.69, 9.17) is 4.74 Å². The largest absolute Gasteiger partial charge is 0.497 e. The molecule has 0 atom stereocenters. The molecule has 1 aromatic carbocycles. The normalized spacial score (nSPS) is 16.4. The van der Waals surface area contributed by atoms with Gasteiger partial charge in [-0.3, -0.25) is 0 Å². The highest BCUT2D eigenvalue weighted by atomic mass is 16.5. The Labute approximate surface area is 117 Å². The van der Waals surface area contributed by atoms with Crippen molar-refractivity contribution in [2.24, 2.45) is 0 Å². The molecule has 0 aliphatic carbocycles. The van der Waals surface area contributed by atoms with Crippen LogP contribution in [-0.4, -0.2) is 7.11 Å². The summed E-state index contributed by atoms with van der Waals surface area (Å²) in [6.07, 6.45) is 7.57. The van der Waals surface area contributed by atoms with Crippen molar-refractivity contribution < 1.29 is 4.74 Å². The average molecular weight is 261 g/mol. The summed E-state index contributed by atoms with van der Waals surface area (Å²) in [5.74, 6) is 0.986. The zero-order valence-corrected chi connectivity index (χ0v) is 12.6. The SMILES string of the molecule is CCCCC1(CCCC)NCc2ccc(OC)cc21. The van der Waals surface area contributed by atoms with Crippen molar-refractivity contribution in [2.45, 2.75) is 64.5 Å². The van der Waals surface area contributed by atoms with E-state index in [9.17, 15) is 0 Å². The van der Waals surface area contributed by atoms with Crippen molar-refractivity contribution in [1.82, 2.24) is 5.32 Å². The fraction of sp³-hybridized carbons (Fsp3) is 0.647. The average Bonchev–Trinajstić information content (AvgIpc) is 2.81. The number of unbranched alkanes of at least 4 members (excludes halogenated alkanes) is 2. The summed E-state index contributed by atoms with van der Waals surface area (Å²) in [6.45, 7) is 5.55. The quantitative estimate of drug-likeness (QED) is 0.786. The van der Waals surface area contributed by atoms with Gasteiger partial charge in [0.1, 0.15) is 5.75 Å². The van der Waals surface area contributed by atoms with Crippen LogP contribution in [0.5, 0.6) is 5.75 Å². The second-order valence-corrected chi connectivity index (χ2v) is 5.67. The molecule has 0 saturated carbocycles. The van der Waals surface area contributed by atoms with Gasteiger partial charge in [-0.05, 0) is 36.1 Å². The number of ether oxygens (including phenoxy) is 1. The van der Waals surface area contributed by atoms with Gasteiger partial charge >= 0.3 is 0 Å². The first kappa shape index (κ1) is 14.4. The third-order valence-electron chi connectivity index (χ3n) is 4.36. The highest BCUT2D eigenvalue weighted by molar-refractivity contribution is 5.43. The van der Waals surface area contributed by atoms with Crippen LogP contribution in [0.4, 0.5) is 0 Å². The summed E-state index contributed by atoms with van der Waals surface area (Å²) in [4.78, 5) is 0. The molecule has 0 saturated heterocycles. The number of fused-ring (bicyclic) bond motifs is 1. The molecule has 0 amide bonds. The van der Waals surface area contributed by atoms with Crippen LogP contribution in [0, 0.1) is 0 Å². The van der Waals surface area contributed by atoms with Crippen LogP contribution in [-0.2, 0) is 12.1 Å². The molecule has 0 spiro atoms. The van der Waals surface area contributed by atoms with Crippen molar-refractivity contribution >= 4 is 0 Å². The predicted octanol–water partition coefficient (Wildman–Crippen LogP) is 4.37. The van der Waals surface area contributed by atoms with E-state index in [-0.39, 0.29) is 5.54 Å². The molecular weight excluding hydrogens is 234 g/mol. The van der Waals surface area contributed by atoms with Crippen LogP contribution in [0.3, 0.4) is 0 Å². The molecule has 0 fully saturated rings. The number of benzene rings is 1. The van der Waals surface area contributed by atoms with Gasteiger partial charge in [-0.2, -0.15) is 0 Å². The van der Waals surface area contributed by atoms with Gasteiger partial charge < -0.3 is 10.1 Å². The van der Waals surface area contributed by atoms with Crippen LogP contribution < -0.4 is 10.1 Å². The van der Waals surface area contributed by atoms with E-state index in [0.717, 1.165) is 12.3 Å². The van der Waals surface area contributed by atoms with E-state index in [1.54, 1.807) is 7.11 Å². The Balaban J connectivity index is 2.30. The van der Waals surface area contributed by atoms with Gasteiger partial charge in [-0.1, -0.05) is 45.6 Å². The molecule has 0 unspecified atom stereocenters. The maximum Gasteiger partial charge on any atom is 0.119 e. The monoisotopic (exact) mass is 261 g/mol. The van der Waals surface area contributed by atoms with Crippen LogP contribution in [0.25, 0.3) is 0 Å². The van der Waals surface area contributed by atoms with Gasteiger partial charge in [0.15, 0.2) is 0 Å². The van der Waals surface area contributed by atoms with Crippen LogP contribution >= 0.6 is 0 Å². The molecule has 1 aromatic rings. The van der Waals surface area contributed by atoms with Crippen LogP contribution in [0.2, 0.25) is 0 Å². The Morgan fingerprint density at radius 2 is 1.84 bits per heavy atom. The van der Waals surface area contributed by atoms with Crippen LogP contribution in [0.15, 0.2) is 18.2 Å². The molecule has 0 bridgehead atoms. The first-order valence-electron chi connectivity index (χ1n) is 7.68. The molecule has 2 heteroatoms. The lowest BCUT2D eigenvalue weighted by Gasteiger charge is -2.31. The summed E-state index contributed by atoms with van der Waals surface area (Å²) < 4.78 is 5.41. The summed E-state index contributed by atoms with van der Waals surface area (Å²) >= 11 is 0. The molecule has 2 rings (SSSR count). The van der Waals surface area contributed by atoms with E-state index >= 15 is 0 Å². The Morgan fingerprint density at radius 3 is 2.42 bits per heavy atom. The Morgan fingerprint density at radius 1 is 1.16 bits per heavy atom. The molecule has 2 nitrogen and oxygen atoms in total. The topological polar surface area (TPSA) is 21.3 Å². The van der Waals surface area contributed by atoms with Gasteiger partial charge in [-0.15, -0.1) is 0 Å². The fourth-order valence-electron chi connectivity index (χ4n) is 3.17. The smallest absolute Gasteiger partial charge is 0.119 e. The molecule has 1 heterocycles. The third-order valence-corrected chi connectivity index (χ3v) is 4.36. The Bertz CT molecular complexity index is 406. The Kier molecular flexibility index (Phi) is 4.87. The second kappa shape index (κ2) is 6.42. The van der Waals surface area contributed by atoms with Gasteiger partial charge in [0.05, 0.1) is 7.11 Å². The number of hydrogen-bond donors (Lipinski definition) is 1. The lowest BCUT2D eigenvalue weighted by molar-refractivity contribution is 0.292. The van der Waals surface area contributed by atoms with Crippen molar-refractivity contribution in [2.75, 3.05) is 7.11 Å². The summed E-state index contributed by atoms with van der Waals surface area (Å²) in [5, 5.41) is 3.80. The number of hydrogen-bond acceptors (Lipinski definition) is 2. The lowest BCUT2D eigenvalue weighted by atomic mass is 9.81. The fourth-order valence-corrected chi connectivity index (χ4v) is 3.17. The molecule has 1 N–H and O–H groups in total. The molecular formula is C17H27NO. The molecule has 0 aromatic heterocycles. The highest BCUT2D eigenvalue weighted by Crippen LogP contribution is 2.40. The first-order chi connectivity index (χ1) is 9.25. The summed E-state index contributed by atoms with van der Waals surface area (Å²) in [6, 6.07) is 6.55. The molecule has 0 radical (unpaired) electrons. The van der Waals surface area contributed by atoms with Crippen molar-refractivity contribution in [3.63, 3.8) is 0 Å². The van der Waals surface area contributed by atoms with E-state index in [1.807, 2.05) is 0 Å². The van der Waals surface area contributed by atoms with Gasteiger partial charge in [0, 0.05) is 12.1 Å². The molecule has 106 valence electrons. The maximum absolute atomic E-state index is 5.41. The minimum Gasteiger partial charge on any atom is -0.497 e. The van der Waals surface area contributed by atoms with Crippen molar-refractivity contribution in [3.8, 4) is 5.75 Å². The second-order valence-electron chi connectivity index (χ2n) is 5.67. The van der Waals surface area contributed by atoms with Crippen LogP contribution in [0.1, 0.15) is 63.5 Å². The Hall–Kier alpha value is -1.02. The number of nitrogens with one attached hydrogen (secondary N) is 1. The molecule has 19 heavy (non-hydrogen) atoms. The first-order valence-corrected chi connectivity index (χ1v) is 7.68. The summed E-state index contributed by atoms with van der Waals surface area (Å²) in [5.41, 5.74) is 3.12. The summed E-state index contributed by atoms with van der Waals surface area (Å²) in [7, 11) is 1.75. The maximum atomic E-state index is 5.41.